The van der Waals surface area contributed by atoms with Gasteiger partial charge >= 0.3 is 0 Å². The van der Waals surface area contributed by atoms with Gasteiger partial charge < -0.3 is 19.9 Å². The van der Waals surface area contributed by atoms with Crippen molar-refractivity contribution in [2.24, 2.45) is 0 Å². The second-order valence-electron chi connectivity index (χ2n) is 9.32. The maximum absolute atomic E-state index is 12.9. The maximum Gasteiger partial charge on any atom is 0.251 e. The van der Waals surface area contributed by atoms with Crippen LogP contribution in [-0.4, -0.2) is 75.2 Å². The second kappa shape index (κ2) is 9.92. The number of rotatable bonds is 7. The quantitative estimate of drug-likeness (QED) is 0.722. The van der Waals surface area contributed by atoms with E-state index in [-0.39, 0.29) is 18.1 Å². The summed E-state index contributed by atoms with van der Waals surface area (Å²) in [6.07, 6.45) is 1.21. The number of anilines is 1. The number of fused-ring (bicyclic) bond motifs is 1. The lowest BCUT2D eigenvalue weighted by molar-refractivity contribution is 0.0886. The Morgan fingerprint density at radius 1 is 1.00 bits per heavy atom. The molecule has 1 unspecified atom stereocenters. The standard InChI is InChI=1S/C26H36N4O2/c1-19(2)32-23-8-5-20(6-9-23)26(31)27-18-25(30-15-13-28(3)14-16-30)21-7-10-24-22(17-21)11-12-29(24)4/h5-10,17,19,25H,11-16,18H2,1-4H3,(H,27,31). The second-order valence-corrected chi connectivity index (χ2v) is 9.32. The van der Waals surface area contributed by atoms with Crippen LogP contribution >= 0.6 is 0 Å². The monoisotopic (exact) mass is 436 g/mol. The van der Waals surface area contributed by atoms with Crippen molar-refractivity contribution in [1.29, 1.82) is 0 Å². The van der Waals surface area contributed by atoms with Gasteiger partial charge in [-0.15, -0.1) is 0 Å². The van der Waals surface area contributed by atoms with Crippen LogP contribution in [0, 0.1) is 0 Å². The molecule has 1 fully saturated rings. The normalized spacial score (nSPS) is 18.0. The molecule has 0 saturated carbocycles. The van der Waals surface area contributed by atoms with Crippen molar-refractivity contribution in [3.8, 4) is 5.75 Å². The zero-order chi connectivity index (χ0) is 22.7. The smallest absolute Gasteiger partial charge is 0.251 e. The molecule has 6 heteroatoms. The van der Waals surface area contributed by atoms with E-state index in [1.54, 1.807) is 0 Å². The zero-order valence-electron chi connectivity index (χ0n) is 19.8. The molecule has 2 aromatic rings. The Hall–Kier alpha value is -2.57. The average molecular weight is 437 g/mol. The summed E-state index contributed by atoms with van der Waals surface area (Å²) < 4.78 is 5.69. The minimum atomic E-state index is -0.0406. The number of hydrogen-bond donors (Lipinski definition) is 1. The van der Waals surface area contributed by atoms with Gasteiger partial charge in [-0.3, -0.25) is 9.69 Å². The van der Waals surface area contributed by atoms with Gasteiger partial charge in [0.15, 0.2) is 0 Å². The van der Waals surface area contributed by atoms with Crippen LogP contribution in [0.2, 0.25) is 0 Å². The number of piperazine rings is 1. The van der Waals surface area contributed by atoms with Crippen molar-refractivity contribution >= 4 is 11.6 Å². The fourth-order valence-electron chi connectivity index (χ4n) is 4.63. The topological polar surface area (TPSA) is 48.1 Å². The third-order valence-electron chi connectivity index (χ3n) is 6.54. The Balaban J connectivity index is 1.47. The van der Waals surface area contributed by atoms with E-state index < -0.39 is 0 Å². The van der Waals surface area contributed by atoms with Gasteiger partial charge in [-0.25, -0.2) is 0 Å². The van der Waals surface area contributed by atoms with Crippen LogP contribution in [0.4, 0.5) is 5.69 Å². The molecular weight excluding hydrogens is 400 g/mol. The van der Waals surface area contributed by atoms with Crippen LogP contribution < -0.4 is 15.0 Å². The first-order valence-corrected chi connectivity index (χ1v) is 11.7. The highest BCUT2D eigenvalue weighted by Crippen LogP contribution is 2.31. The van der Waals surface area contributed by atoms with E-state index in [4.69, 9.17) is 4.74 Å². The third-order valence-corrected chi connectivity index (χ3v) is 6.54. The summed E-state index contributed by atoms with van der Waals surface area (Å²) in [6, 6.07) is 14.4. The summed E-state index contributed by atoms with van der Waals surface area (Å²) in [5.74, 6) is 0.746. The molecule has 0 bridgehead atoms. The molecule has 0 radical (unpaired) electrons. The number of ether oxygens (including phenoxy) is 1. The van der Waals surface area contributed by atoms with Gasteiger partial charge in [0.1, 0.15) is 5.75 Å². The Kier molecular flexibility index (Phi) is 7.01. The number of carbonyl (C=O) groups excluding carboxylic acids is 1. The molecule has 1 saturated heterocycles. The highest BCUT2D eigenvalue weighted by atomic mass is 16.5. The van der Waals surface area contributed by atoms with Crippen molar-refractivity contribution in [2.45, 2.75) is 32.4 Å². The summed E-state index contributed by atoms with van der Waals surface area (Å²) in [7, 11) is 4.33. The molecule has 1 atom stereocenters. The van der Waals surface area contributed by atoms with Crippen molar-refractivity contribution in [2.75, 3.05) is 58.3 Å². The molecule has 2 heterocycles. The maximum atomic E-state index is 12.9. The number of amides is 1. The Morgan fingerprint density at radius 3 is 2.41 bits per heavy atom. The van der Waals surface area contributed by atoms with Crippen molar-refractivity contribution < 1.29 is 9.53 Å². The first-order chi connectivity index (χ1) is 15.4. The molecule has 2 aliphatic heterocycles. The van der Waals surface area contributed by atoms with Crippen LogP contribution in [-0.2, 0) is 6.42 Å². The summed E-state index contributed by atoms with van der Waals surface area (Å²) >= 11 is 0. The number of benzene rings is 2. The Morgan fingerprint density at radius 2 is 1.72 bits per heavy atom. The van der Waals surface area contributed by atoms with Gasteiger partial charge in [0.2, 0.25) is 0 Å². The third kappa shape index (κ3) is 5.25. The zero-order valence-corrected chi connectivity index (χ0v) is 19.8. The molecule has 0 aliphatic carbocycles. The van der Waals surface area contributed by atoms with Crippen LogP contribution in [0.1, 0.15) is 41.4 Å². The summed E-state index contributed by atoms with van der Waals surface area (Å²) in [6.45, 7) is 9.79. The predicted molar refractivity (Wildman–Crippen MR) is 130 cm³/mol. The molecule has 1 amide bonds. The lowest BCUT2D eigenvalue weighted by Crippen LogP contribution is -2.48. The molecule has 2 aromatic carbocycles. The van der Waals surface area contributed by atoms with E-state index >= 15 is 0 Å². The van der Waals surface area contributed by atoms with E-state index in [0.29, 0.717) is 12.1 Å². The van der Waals surface area contributed by atoms with E-state index in [2.05, 4.69) is 52.3 Å². The molecule has 0 aromatic heterocycles. The molecular formula is C26H36N4O2. The van der Waals surface area contributed by atoms with E-state index in [9.17, 15) is 4.79 Å². The fraction of sp³-hybridized carbons (Fsp3) is 0.500. The first kappa shape index (κ1) is 22.6. The molecule has 172 valence electrons. The minimum absolute atomic E-state index is 0.0406. The molecule has 32 heavy (non-hydrogen) atoms. The van der Waals surface area contributed by atoms with E-state index in [1.807, 2.05) is 38.1 Å². The van der Waals surface area contributed by atoms with E-state index in [1.165, 1.54) is 16.8 Å². The van der Waals surface area contributed by atoms with Crippen molar-refractivity contribution in [3.63, 3.8) is 0 Å². The van der Waals surface area contributed by atoms with Crippen molar-refractivity contribution in [3.05, 3.63) is 59.2 Å². The van der Waals surface area contributed by atoms with Crippen LogP contribution in [0.25, 0.3) is 0 Å². The minimum Gasteiger partial charge on any atom is -0.491 e. The van der Waals surface area contributed by atoms with Gasteiger partial charge in [0.25, 0.3) is 5.91 Å². The van der Waals surface area contributed by atoms with Crippen LogP contribution in [0.5, 0.6) is 5.75 Å². The number of carbonyl (C=O) groups is 1. The Bertz CT molecular complexity index is 920. The fourth-order valence-corrected chi connectivity index (χ4v) is 4.63. The van der Waals surface area contributed by atoms with E-state index in [0.717, 1.165) is 44.9 Å². The number of nitrogens with one attached hydrogen (secondary N) is 1. The summed E-state index contributed by atoms with van der Waals surface area (Å²) in [5, 5.41) is 3.20. The average Bonchev–Trinajstić information content (AvgIpc) is 3.15. The van der Waals surface area contributed by atoms with Gasteiger partial charge in [0.05, 0.1) is 12.1 Å². The molecule has 6 nitrogen and oxygen atoms in total. The summed E-state index contributed by atoms with van der Waals surface area (Å²) in [4.78, 5) is 20.1. The lowest BCUT2D eigenvalue weighted by atomic mass is 10.00. The largest absolute Gasteiger partial charge is 0.491 e. The highest BCUT2D eigenvalue weighted by Gasteiger charge is 2.26. The molecule has 2 aliphatic rings. The van der Waals surface area contributed by atoms with Gasteiger partial charge in [-0.1, -0.05) is 12.1 Å². The summed E-state index contributed by atoms with van der Waals surface area (Å²) in [5.41, 5.74) is 4.70. The van der Waals surface area contributed by atoms with Gasteiger partial charge in [-0.2, -0.15) is 0 Å². The number of likely N-dealkylation sites (N-methyl/N-ethyl adjacent to an activating group) is 2. The Labute approximate surface area is 192 Å². The van der Waals surface area contributed by atoms with Gasteiger partial charge in [0, 0.05) is 57.6 Å². The lowest BCUT2D eigenvalue weighted by Gasteiger charge is -2.38. The first-order valence-electron chi connectivity index (χ1n) is 11.7. The van der Waals surface area contributed by atoms with Crippen LogP contribution in [0.15, 0.2) is 42.5 Å². The highest BCUT2D eigenvalue weighted by molar-refractivity contribution is 5.94. The molecule has 0 spiro atoms. The van der Waals surface area contributed by atoms with Crippen molar-refractivity contribution in [1.82, 2.24) is 15.1 Å². The van der Waals surface area contributed by atoms with Gasteiger partial charge in [-0.05, 0) is 68.8 Å². The predicted octanol–water partition coefficient (Wildman–Crippen LogP) is 3.18. The molecule has 1 N–H and O–H groups in total. The number of hydrogen-bond acceptors (Lipinski definition) is 5. The van der Waals surface area contributed by atoms with Crippen LogP contribution in [0.3, 0.4) is 0 Å². The number of nitrogens with zero attached hydrogens (tertiary/aromatic N) is 3. The molecule has 4 rings (SSSR count). The SMILES string of the molecule is CC(C)Oc1ccc(C(=O)NCC(c2ccc3c(c2)CCN3C)N2CCN(C)CC2)cc1.